The lowest BCUT2D eigenvalue weighted by Gasteiger charge is -2.38. The molecule has 0 radical (unpaired) electrons. The molecule has 144 valence electrons. The zero-order valence-electron chi connectivity index (χ0n) is 16.5. The Morgan fingerprint density at radius 1 is 1.14 bits per heavy atom. The molecule has 4 rings (SSSR count). The molecule has 0 fully saturated rings. The van der Waals surface area contributed by atoms with Gasteiger partial charge in [0.15, 0.2) is 6.61 Å². The molecule has 3 aromatic carbocycles. The lowest BCUT2D eigenvalue weighted by Crippen LogP contribution is -2.42. The molecule has 1 amide bonds. The lowest BCUT2D eigenvalue weighted by atomic mass is 9.89. The minimum atomic E-state index is -0.338. The maximum absolute atomic E-state index is 12.6. The molecular formula is C24H25NO3. The Kier molecular flexibility index (Phi) is 4.71. The van der Waals surface area contributed by atoms with Crippen molar-refractivity contribution >= 4 is 16.7 Å². The van der Waals surface area contributed by atoms with Gasteiger partial charge in [-0.25, -0.2) is 0 Å². The van der Waals surface area contributed by atoms with Crippen LogP contribution < -0.4 is 14.8 Å². The maximum Gasteiger partial charge on any atom is 0.258 e. The van der Waals surface area contributed by atoms with E-state index < -0.39 is 0 Å². The third-order valence-electron chi connectivity index (χ3n) is 5.07. The Hall–Kier alpha value is -3.01. The molecular weight excluding hydrogens is 350 g/mol. The van der Waals surface area contributed by atoms with Crippen LogP contribution in [0, 0.1) is 6.92 Å². The fourth-order valence-electron chi connectivity index (χ4n) is 3.79. The van der Waals surface area contributed by atoms with Gasteiger partial charge in [0.2, 0.25) is 0 Å². The fraction of sp³-hybridized carbons (Fsp3) is 0.292. The van der Waals surface area contributed by atoms with Gasteiger partial charge in [0.1, 0.15) is 17.1 Å². The molecule has 0 saturated heterocycles. The van der Waals surface area contributed by atoms with Crippen molar-refractivity contribution in [1.29, 1.82) is 0 Å². The topological polar surface area (TPSA) is 47.6 Å². The predicted octanol–water partition coefficient (Wildman–Crippen LogP) is 4.95. The van der Waals surface area contributed by atoms with Crippen molar-refractivity contribution in [3.63, 3.8) is 0 Å². The number of hydrogen-bond acceptors (Lipinski definition) is 3. The monoisotopic (exact) mass is 375 g/mol. The van der Waals surface area contributed by atoms with Crippen LogP contribution in [0.2, 0.25) is 0 Å². The van der Waals surface area contributed by atoms with Crippen molar-refractivity contribution in [2.75, 3.05) is 6.61 Å². The summed E-state index contributed by atoms with van der Waals surface area (Å²) in [5.41, 5.74) is 1.82. The van der Waals surface area contributed by atoms with Gasteiger partial charge >= 0.3 is 0 Å². The molecule has 3 aromatic rings. The summed E-state index contributed by atoms with van der Waals surface area (Å²) >= 11 is 0. The Morgan fingerprint density at radius 2 is 1.93 bits per heavy atom. The minimum absolute atomic E-state index is 0.0208. The molecule has 0 spiro atoms. The van der Waals surface area contributed by atoms with Crippen molar-refractivity contribution in [2.45, 2.75) is 38.8 Å². The van der Waals surface area contributed by atoms with Crippen LogP contribution in [0.5, 0.6) is 11.5 Å². The van der Waals surface area contributed by atoms with Crippen LogP contribution in [-0.2, 0) is 4.79 Å². The van der Waals surface area contributed by atoms with Crippen molar-refractivity contribution in [3.05, 3.63) is 71.8 Å². The van der Waals surface area contributed by atoms with Crippen LogP contribution in [0.1, 0.15) is 37.4 Å². The molecule has 1 heterocycles. The summed E-state index contributed by atoms with van der Waals surface area (Å²) in [6.45, 7) is 6.11. The quantitative estimate of drug-likeness (QED) is 0.702. The summed E-state index contributed by atoms with van der Waals surface area (Å²) in [5.74, 6) is 1.43. The highest BCUT2D eigenvalue weighted by Crippen LogP contribution is 2.39. The van der Waals surface area contributed by atoms with E-state index in [1.807, 2.05) is 81.4 Å². The molecule has 0 saturated carbocycles. The highest BCUT2D eigenvalue weighted by atomic mass is 16.5. The molecule has 4 nitrogen and oxygen atoms in total. The van der Waals surface area contributed by atoms with Crippen LogP contribution in [0.15, 0.2) is 60.7 Å². The van der Waals surface area contributed by atoms with Gasteiger partial charge in [-0.05, 0) is 43.9 Å². The summed E-state index contributed by atoms with van der Waals surface area (Å²) in [5, 5.41) is 5.22. The summed E-state index contributed by atoms with van der Waals surface area (Å²) in [7, 11) is 0. The number of rotatable bonds is 4. The molecule has 0 bridgehead atoms. The number of benzene rings is 3. The highest BCUT2D eigenvalue weighted by Gasteiger charge is 2.34. The molecule has 1 N–H and O–H groups in total. The van der Waals surface area contributed by atoms with Crippen LogP contribution in [-0.4, -0.2) is 18.1 Å². The van der Waals surface area contributed by atoms with E-state index in [2.05, 4.69) is 5.32 Å². The van der Waals surface area contributed by atoms with E-state index in [4.69, 9.17) is 9.47 Å². The second kappa shape index (κ2) is 7.19. The molecule has 0 unspecified atom stereocenters. The van der Waals surface area contributed by atoms with E-state index in [1.165, 1.54) is 0 Å². The summed E-state index contributed by atoms with van der Waals surface area (Å²) in [4.78, 5) is 12.6. The number of ether oxygens (including phenoxy) is 2. The van der Waals surface area contributed by atoms with E-state index in [-0.39, 0.29) is 24.2 Å². The third-order valence-corrected chi connectivity index (χ3v) is 5.07. The smallest absolute Gasteiger partial charge is 0.258 e. The Bertz CT molecular complexity index is 1020. The Labute approximate surface area is 165 Å². The summed E-state index contributed by atoms with van der Waals surface area (Å²) in [6, 6.07) is 19.9. The largest absolute Gasteiger partial charge is 0.487 e. The first kappa shape index (κ1) is 18.4. The first-order chi connectivity index (χ1) is 13.4. The van der Waals surface area contributed by atoms with E-state index in [1.54, 1.807) is 0 Å². The number of hydrogen-bond donors (Lipinski definition) is 1. The van der Waals surface area contributed by atoms with Gasteiger partial charge in [-0.2, -0.15) is 0 Å². The SMILES string of the molecule is Cc1ccc2c(c1)OC(C)(C)C[C@@H]2NC(=O)COc1cccc2ccccc12. The molecule has 1 atom stereocenters. The first-order valence-electron chi connectivity index (χ1n) is 9.61. The van der Waals surface area contributed by atoms with Crippen LogP contribution >= 0.6 is 0 Å². The standard InChI is InChI=1S/C24H25NO3/c1-16-11-12-19-20(14-24(2,3)28-22(19)13-16)25-23(26)15-27-21-10-6-8-17-7-4-5-9-18(17)21/h4-13,20H,14-15H2,1-3H3,(H,25,26)/t20-/m0/s1. The zero-order chi connectivity index (χ0) is 19.7. The fourth-order valence-corrected chi connectivity index (χ4v) is 3.79. The van der Waals surface area contributed by atoms with Gasteiger partial charge in [0, 0.05) is 17.4 Å². The number of nitrogens with one attached hydrogen (secondary N) is 1. The number of carbonyl (C=O) groups excluding carboxylic acids is 1. The van der Waals surface area contributed by atoms with Gasteiger partial charge in [-0.3, -0.25) is 4.79 Å². The van der Waals surface area contributed by atoms with Crippen LogP contribution in [0.3, 0.4) is 0 Å². The van der Waals surface area contributed by atoms with E-state index in [9.17, 15) is 4.79 Å². The van der Waals surface area contributed by atoms with E-state index in [0.29, 0.717) is 6.42 Å². The van der Waals surface area contributed by atoms with Gasteiger partial charge in [-0.15, -0.1) is 0 Å². The minimum Gasteiger partial charge on any atom is -0.487 e. The van der Waals surface area contributed by atoms with Gasteiger partial charge in [-0.1, -0.05) is 48.5 Å². The number of carbonyl (C=O) groups is 1. The average molecular weight is 375 g/mol. The zero-order valence-corrected chi connectivity index (χ0v) is 16.5. The lowest BCUT2D eigenvalue weighted by molar-refractivity contribution is -0.124. The number of aryl methyl sites for hydroxylation is 1. The summed E-state index contributed by atoms with van der Waals surface area (Å²) in [6.07, 6.45) is 0.711. The molecule has 4 heteroatoms. The molecule has 1 aliphatic heterocycles. The van der Waals surface area contributed by atoms with Crippen molar-refractivity contribution in [3.8, 4) is 11.5 Å². The maximum atomic E-state index is 12.6. The van der Waals surface area contributed by atoms with Crippen LogP contribution in [0.4, 0.5) is 0 Å². The molecule has 28 heavy (non-hydrogen) atoms. The van der Waals surface area contributed by atoms with Crippen molar-refractivity contribution in [2.24, 2.45) is 0 Å². The van der Waals surface area contributed by atoms with Crippen molar-refractivity contribution < 1.29 is 14.3 Å². The van der Waals surface area contributed by atoms with Gasteiger partial charge in [0.25, 0.3) is 5.91 Å². The third kappa shape index (κ3) is 3.81. The average Bonchev–Trinajstić information content (AvgIpc) is 2.65. The Balaban J connectivity index is 1.48. The summed E-state index contributed by atoms with van der Waals surface area (Å²) < 4.78 is 11.9. The first-order valence-corrected chi connectivity index (χ1v) is 9.61. The van der Waals surface area contributed by atoms with Crippen molar-refractivity contribution in [1.82, 2.24) is 5.32 Å². The second-order valence-corrected chi connectivity index (χ2v) is 7.99. The number of fused-ring (bicyclic) bond motifs is 2. The van der Waals surface area contributed by atoms with Crippen LogP contribution in [0.25, 0.3) is 10.8 Å². The second-order valence-electron chi connectivity index (χ2n) is 7.99. The highest BCUT2D eigenvalue weighted by molar-refractivity contribution is 5.88. The predicted molar refractivity (Wildman–Crippen MR) is 111 cm³/mol. The molecule has 0 aromatic heterocycles. The molecule has 0 aliphatic carbocycles. The van der Waals surface area contributed by atoms with E-state index >= 15 is 0 Å². The van der Waals surface area contributed by atoms with Gasteiger partial charge < -0.3 is 14.8 Å². The van der Waals surface area contributed by atoms with E-state index in [0.717, 1.165) is 33.4 Å². The van der Waals surface area contributed by atoms with Gasteiger partial charge in [0.05, 0.1) is 6.04 Å². The molecule has 1 aliphatic rings. The number of amides is 1. The normalized spacial score (nSPS) is 17.5. The Morgan fingerprint density at radius 3 is 2.79 bits per heavy atom.